The van der Waals surface area contributed by atoms with E-state index in [0.717, 1.165) is 23.4 Å². The molecule has 2 saturated heterocycles. The molecule has 2 rings (SSSR count). The third kappa shape index (κ3) is 5.40. The molecule has 0 bridgehead atoms. The van der Waals surface area contributed by atoms with Gasteiger partial charge in [-0.15, -0.1) is 0 Å². The first-order valence-corrected chi connectivity index (χ1v) is 9.77. The number of carbonyl (C=O) groups excluding carboxylic acids is 1. The van der Waals surface area contributed by atoms with Crippen LogP contribution in [0.5, 0.6) is 0 Å². The van der Waals surface area contributed by atoms with Gasteiger partial charge in [-0.25, -0.2) is 8.42 Å². The van der Waals surface area contributed by atoms with Crippen LogP contribution in [-0.2, 0) is 29.1 Å². The van der Waals surface area contributed by atoms with Crippen molar-refractivity contribution < 1.29 is 32.6 Å². The van der Waals surface area contributed by atoms with E-state index in [2.05, 4.69) is 0 Å². The zero-order valence-corrected chi connectivity index (χ0v) is 14.5. The number of carboxylic acid groups (broad SMARTS) is 1. The second kappa shape index (κ2) is 8.24. The molecular formula is C14H24N2O7S. The van der Waals surface area contributed by atoms with Gasteiger partial charge in [-0.1, -0.05) is 0 Å². The number of morpholine rings is 1. The molecule has 2 fully saturated rings. The zero-order chi connectivity index (χ0) is 17.7. The van der Waals surface area contributed by atoms with Crippen LogP contribution >= 0.6 is 0 Å². The van der Waals surface area contributed by atoms with Crippen LogP contribution in [0.4, 0.5) is 0 Å². The molecule has 0 radical (unpaired) electrons. The van der Waals surface area contributed by atoms with Crippen LogP contribution in [0.1, 0.15) is 12.8 Å². The van der Waals surface area contributed by atoms with Crippen molar-refractivity contribution >= 4 is 21.9 Å². The Hall–Kier alpha value is -1.23. The quantitative estimate of drug-likeness (QED) is 0.642. The summed E-state index contributed by atoms with van der Waals surface area (Å²) in [5, 5.41) is 8.86. The van der Waals surface area contributed by atoms with Crippen LogP contribution in [0.2, 0.25) is 0 Å². The fourth-order valence-electron chi connectivity index (χ4n) is 2.92. The molecule has 24 heavy (non-hydrogen) atoms. The van der Waals surface area contributed by atoms with E-state index in [4.69, 9.17) is 14.6 Å². The summed E-state index contributed by atoms with van der Waals surface area (Å²) in [4.78, 5) is 25.0. The van der Waals surface area contributed by atoms with Gasteiger partial charge in [0.05, 0.1) is 31.5 Å². The summed E-state index contributed by atoms with van der Waals surface area (Å²) in [6.45, 7) is 1.38. The lowest BCUT2D eigenvalue weighted by molar-refractivity contribution is -0.148. The summed E-state index contributed by atoms with van der Waals surface area (Å²) in [5.74, 6) is -1.40. The van der Waals surface area contributed by atoms with Gasteiger partial charge in [0.1, 0.15) is 6.54 Å². The maximum Gasteiger partial charge on any atom is 0.318 e. The van der Waals surface area contributed by atoms with Gasteiger partial charge >= 0.3 is 5.97 Å². The Morgan fingerprint density at radius 2 is 2.08 bits per heavy atom. The summed E-state index contributed by atoms with van der Waals surface area (Å²) in [6, 6.07) is 0. The largest absolute Gasteiger partial charge is 0.480 e. The fraction of sp³-hybridized carbons (Fsp3) is 0.857. The van der Waals surface area contributed by atoms with E-state index in [1.165, 1.54) is 0 Å². The highest BCUT2D eigenvalue weighted by Crippen LogP contribution is 2.19. The zero-order valence-electron chi connectivity index (χ0n) is 13.7. The van der Waals surface area contributed by atoms with Crippen molar-refractivity contribution in [1.82, 2.24) is 9.21 Å². The molecule has 0 unspecified atom stereocenters. The molecule has 2 aliphatic heterocycles. The third-order valence-corrected chi connectivity index (χ3v) is 5.36. The summed E-state index contributed by atoms with van der Waals surface area (Å²) >= 11 is 0. The summed E-state index contributed by atoms with van der Waals surface area (Å²) in [6.07, 6.45) is 2.06. The Balaban J connectivity index is 1.96. The second-order valence-corrected chi connectivity index (χ2v) is 8.12. The average Bonchev–Trinajstić information content (AvgIpc) is 2.53. The van der Waals surface area contributed by atoms with Crippen molar-refractivity contribution in [2.24, 2.45) is 5.92 Å². The molecular weight excluding hydrogens is 340 g/mol. The Morgan fingerprint density at radius 3 is 2.67 bits per heavy atom. The Morgan fingerprint density at radius 1 is 1.33 bits per heavy atom. The number of carbonyl (C=O) groups is 2. The topological polar surface area (TPSA) is 113 Å². The normalized spacial score (nSPS) is 25.7. The van der Waals surface area contributed by atoms with Gasteiger partial charge in [-0.05, 0) is 12.8 Å². The second-order valence-electron chi connectivity index (χ2n) is 6.14. The molecule has 0 saturated carbocycles. The SMILES string of the molecule is CS(=O)(=O)N(CC(=O)O)C[C@@H]1CN(C(=O)[C@@H]2CCCOC2)CCO1. The molecule has 1 amide bonds. The maximum atomic E-state index is 12.5. The molecule has 2 heterocycles. The van der Waals surface area contributed by atoms with E-state index in [9.17, 15) is 18.0 Å². The van der Waals surface area contributed by atoms with Crippen LogP contribution in [0.15, 0.2) is 0 Å². The molecule has 1 N–H and O–H groups in total. The van der Waals surface area contributed by atoms with Crippen molar-refractivity contribution in [3.63, 3.8) is 0 Å². The van der Waals surface area contributed by atoms with E-state index < -0.39 is 28.6 Å². The Labute approximate surface area is 141 Å². The number of rotatable bonds is 6. The van der Waals surface area contributed by atoms with E-state index in [0.29, 0.717) is 26.4 Å². The Kier molecular flexibility index (Phi) is 6.55. The van der Waals surface area contributed by atoms with Gasteiger partial charge in [0.15, 0.2) is 0 Å². The third-order valence-electron chi connectivity index (χ3n) is 4.15. The summed E-state index contributed by atoms with van der Waals surface area (Å²) in [5.41, 5.74) is 0. The van der Waals surface area contributed by atoms with E-state index >= 15 is 0 Å². The van der Waals surface area contributed by atoms with Gasteiger partial charge in [0, 0.05) is 26.2 Å². The number of carboxylic acids is 1. The fourth-order valence-corrected chi connectivity index (χ4v) is 3.70. The lowest BCUT2D eigenvalue weighted by Gasteiger charge is -2.37. The average molecular weight is 364 g/mol. The Bertz CT molecular complexity index is 559. The molecule has 0 aromatic rings. The standard InChI is InChI=1S/C14H24N2O7S/c1-24(20,21)16(9-13(17)18)8-12-7-15(4-6-23-12)14(19)11-3-2-5-22-10-11/h11-12H,2-10H2,1H3,(H,17,18)/t11-,12+/m1/s1. The van der Waals surface area contributed by atoms with E-state index in [1.54, 1.807) is 4.90 Å². The van der Waals surface area contributed by atoms with Gasteiger partial charge in [0.25, 0.3) is 0 Å². The van der Waals surface area contributed by atoms with Crippen molar-refractivity contribution in [2.45, 2.75) is 18.9 Å². The monoisotopic (exact) mass is 364 g/mol. The van der Waals surface area contributed by atoms with Crippen molar-refractivity contribution in [3.8, 4) is 0 Å². The molecule has 10 heteroatoms. The minimum Gasteiger partial charge on any atom is -0.480 e. The van der Waals surface area contributed by atoms with Crippen LogP contribution in [0, 0.1) is 5.92 Å². The highest BCUT2D eigenvalue weighted by molar-refractivity contribution is 7.88. The first-order chi connectivity index (χ1) is 11.3. The van der Waals surface area contributed by atoms with Crippen molar-refractivity contribution in [3.05, 3.63) is 0 Å². The molecule has 138 valence electrons. The predicted molar refractivity (Wildman–Crippen MR) is 83.9 cm³/mol. The molecule has 0 spiro atoms. The predicted octanol–water partition coefficient (Wildman–Crippen LogP) is -1.01. The minimum absolute atomic E-state index is 0.00728. The number of nitrogens with zero attached hydrogens (tertiary/aromatic N) is 2. The smallest absolute Gasteiger partial charge is 0.318 e. The molecule has 9 nitrogen and oxygen atoms in total. The number of aliphatic carboxylic acids is 1. The molecule has 2 aliphatic rings. The molecule has 0 aliphatic carbocycles. The molecule has 0 aromatic heterocycles. The van der Waals surface area contributed by atoms with Crippen LogP contribution in [-0.4, -0.2) is 93.0 Å². The van der Waals surface area contributed by atoms with Gasteiger partial charge in [0.2, 0.25) is 15.9 Å². The van der Waals surface area contributed by atoms with Crippen molar-refractivity contribution in [1.29, 1.82) is 0 Å². The van der Waals surface area contributed by atoms with Gasteiger partial charge in [-0.2, -0.15) is 4.31 Å². The van der Waals surface area contributed by atoms with Crippen LogP contribution in [0.25, 0.3) is 0 Å². The first-order valence-electron chi connectivity index (χ1n) is 7.92. The van der Waals surface area contributed by atoms with Gasteiger partial charge in [-0.3, -0.25) is 9.59 Å². The maximum absolute atomic E-state index is 12.5. The summed E-state index contributed by atoms with van der Waals surface area (Å²) < 4.78 is 35.2. The number of hydrogen-bond donors (Lipinski definition) is 1. The number of ether oxygens (including phenoxy) is 2. The number of amides is 1. The van der Waals surface area contributed by atoms with E-state index in [1.807, 2.05) is 0 Å². The number of hydrogen-bond acceptors (Lipinski definition) is 6. The first kappa shape index (κ1) is 19.1. The minimum atomic E-state index is -3.67. The highest BCUT2D eigenvalue weighted by Gasteiger charge is 2.33. The molecule has 0 aromatic carbocycles. The summed E-state index contributed by atoms with van der Waals surface area (Å²) in [7, 11) is -3.67. The van der Waals surface area contributed by atoms with Crippen LogP contribution < -0.4 is 0 Å². The lowest BCUT2D eigenvalue weighted by atomic mass is 10.0. The van der Waals surface area contributed by atoms with Crippen LogP contribution in [0.3, 0.4) is 0 Å². The van der Waals surface area contributed by atoms with Gasteiger partial charge < -0.3 is 19.5 Å². The van der Waals surface area contributed by atoms with E-state index in [-0.39, 0.29) is 24.9 Å². The molecule has 2 atom stereocenters. The number of sulfonamides is 1. The highest BCUT2D eigenvalue weighted by atomic mass is 32.2. The van der Waals surface area contributed by atoms with Crippen molar-refractivity contribution in [2.75, 3.05) is 52.3 Å². The lowest BCUT2D eigenvalue weighted by Crippen LogP contribution is -2.53.